The van der Waals surface area contributed by atoms with Crippen molar-refractivity contribution in [2.45, 2.75) is 63.9 Å². The predicted octanol–water partition coefficient (Wildman–Crippen LogP) is 4.61. The van der Waals surface area contributed by atoms with Gasteiger partial charge in [-0.1, -0.05) is 56.2 Å². The molecule has 2 N–H and O–H groups in total. The number of carbonyl (C=O) groups excluding carboxylic acids is 1. The summed E-state index contributed by atoms with van der Waals surface area (Å²) in [4.78, 5) is 22.5. The maximum absolute atomic E-state index is 12.1. The lowest BCUT2D eigenvalue weighted by atomic mass is 9.88. The van der Waals surface area contributed by atoms with Gasteiger partial charge >= 0.3 is 5.97 Å². The van der Waals surface area contributed by atoms with Gasteiger partial charge in [-0.25, -0.2) is 0 Å². The maximum Gasteiger partial charge on any atom is 0.303 e. The Hall–Kier alpha value is -1.94. The molecule has 0 heterocycles. The molecule has 3 atom stereocenters. The van der Waals surface area contributed by atoms with Crippen molar-refractivity contribution >= 4 is 11.8 Å². The third-order valence-corrected chi connectivity index (χ3v) is 4.80. The summed E-state index contributed by atoms with van der Waals surface area (Å²) in [5.41, 5.74) is -0.877. The molecule has 1 aliphatic carbocycles. The highest BCUT2D eigenvalue weighted by molar-refractivity contribution is 5.95. The zero-order valence-electron chi connectivity index (χ0n) is 15.8. The summed E-state index contributed by atoms with van der Waals surface area (Å²) < 4.78 is 0. The molecule has 144 valence electrons. The molecule has 0 radical (unpaired) electrons. The molecule has 0 aliphatic heterocycles. The maximum atomic E-state index is 12.1. The van der Waals surface area contributed by atoms with Crippen LogP contribution >= 0.6 is 0 Å². The van der Waals surface area contributed by atoms with Gasteiger partial charge in [0.25, 0.3) is 0 Å². The first-order chi connectivity index (χ1) is 12.4. The summed E-state index contributed by atoms with van der Waals surface area (Å²) in [6.45, 7) is 5.83. The molecule has 0 saturated heterocycles. The van der Waals surface area contributed by atoms with Gasteiger partial charge in [0.15, 0.2) is 5.78 Å². The Morgan fingerprint density at radius 2 is 2.08 bits per heavy atom. The predicted molar refractivity (Wildman–Crippen MR) is 105 cm³/mol. The van der Waals surface area contributed by atoms with E-state index in [1.54, 1.807) is 12.2 Å². The summed E-state index contributed by atoms with van der Waals surface area (Å²) in [6.07, 6.45) is 18.4. The van der Waals surface area contributed by atoms with Crippen molar-refractivity contribution in [1.29, 1.82) is 0 Å². The second kappa shape index (κ2) is 11.6. The summed E-state index contributed by atoms with van der Waals surface area (Å²) in [5, 5.41) is 19.1. The lowest BCUT2D eigenvalue weighted by Crippen LogP contribution is -2.24. The van der Waals surface area contributed by atoms with E-state index in [2.05, 4.69) is 13.5 Å². The zero-order valence-corrected chi connectivity index (χ0v) is 15.8. The Kier molecular flexibility index (Phi) is 9.89. The van der Waals surface area contributed by atoms with Gasteiger partial charge in [-0.05, 0) is 38.2 Å². The average molecular weight is 360 g/mol. The number of carboxylic acids is 1. The van der Waals surface area contributed by atoms with Gasteiger partial charge in [0.05, 0.1) is 5.60 Å². The minimum atomic E-state index is -0.877. The molecule has 0 aromatic carbocycles. The number of ketones is 1. The van der Waals surface area contributed by atoms with Crippen molar-refractivity contribution < 1.29 is 19.8 Å². The first-order valence-corrected chi connectivity index (χ1v) is 9.53. The Morgan fingerprint density at radius 1 is 1.31 bits per heavy atom. The van der Waals surface area contributed by atoms with Gasteiger partial charge < -0.3 is 10.2 Å². The summed E-state index contributed by atoms with van der Waals surface area (Å²) in [7, 11) is 0. The summed E-state index contributed by atoms with van der Waals surface area (Å²) in [6, 6.07) is 0. The van der Waals surface area contributed by atoms with Crippen LogP contribution in [0.25, 0.3) is 0 Å². The van der Waals surface area contributed by atoms with E-state index in [1.807, 2.05) is 30.4 Å². The molecule has 0 aromatic heterocycles. The van der Waals surface area contributed by atoms with Crippen molar-refractivity contribution in [3.05, 3.63) is 49.1 Å². The van der Waals surface area contributed by atoms with Gasteiger partial charge in [0, 0.05) is 18.3 Å². The smallest absolute Gasteiger partial charge is 0.303 e. The van der Waals surface area contributed by atoms with E-state index in [0.717, 1.165) is 12.8 Å². The number of hydrogen-bond acceptors (Lipinski definition) is 3. The fraction of sp³-hybridized carbons (Fsp3) is 0.545. The Balaban J connectivity index is 2.50. The molecule has 26 heavy (non-hydrogen) atoms. The largest absolute Gasteiger partial charge is 0.481 e. The van der Waals surface area contributed by atoms with Gasteiger partial charge in [0.1, 0.15) is 0 Å². The van der Waals surface area contributed by atoms with Crippen LogP contribution < -0.4 is 0 Å². The van der Waals surface area contributed by atoms with Crippen molar-refractivity contribution in [2.24, 2.45) is 11.8 Å². The van der Waals surface area contributed by atoms with Crippen LogP contribution in [0.1, 0.15) is 58.3 Å². The molecule has 0 aromatic rings. The summed E-state index contributed by atoms with van der Waals surface area (Å²) in [5.74, 6) is -0.710. The first kappa shape index (κ1) is 22.1. The topological polar surface area (TPSA) is 74.6 Å². The van der Waals surface area contributed by atoms with Gasteiger partial charge in [-0.15, -0.1) is 6.58 Å². The lowest BCUT2D eigenvalue weighted by molar-refractivity contribution is -0.137. The molecule has 0 bridgehead atoms. The minimum absolute atomic E-state index is 0.0476. The van der Waals surface area contributed by atoms with E-state index >= 15 is 0 Å². The van der Waals surface area contributed by atoms with E-state index in [4.69, 9.17) is 5.11 Å². The van der Waals surface area contributed by atoms with E-state index in [9.17, 15) is 14.7 Å². The number of carboxylic acid groups (broad SMARTS) is 1. The molecule has 1 aliphatic rings. The number of carbonyl (C=O) groups is 2. The van der Waals surface area contributed by atoms with E-state index in [1.165, 1.54) is 0 Å². The highest BCUT2D eigenvalue weighted by Crippen LogP contribution is 2.28. The molecule has 1 unspecified atom stereocenters. The highest BCUT2D eigenvalue weighted by atomic mass is 16.4. The number of allylic oxidation sites excluding steroid dienone is 5. The fourth-order valence-electron chi connectivity index (χ4n) is 3.06. The second-order valence-corrected chi connectivity index (χ2v) is 6.98. The SMILES string of the molecule is C=CC(O)(CC=C[C@H]1C=CC(=O)[C@@H]1C/C=C\CCCC(=O)O)CCCC. The van der Waals surface area contributed by atoms with Crippen molar-refractivity contribution in [3.63, 3.8) is 0 Å². The fourth-order valence-corrected chi connectivity index (χ4v) is 3.06. The van der Waals surface area contributed by atoms with Gasteiger partial charge in [0.2, 0.25) is 0 Å². The second-order valence-electron chi connectivity index (χ2n) is 6.98. The normalized spacial score (nSPS) is 22.3. The van der Waals surface area contributed by atoms with E-state index < -0.39 is 11.6 Å². The van der Waals surface area contributed by atoms with Crippen LogP contribution in [-0.2, 0) is 9.59 Å². The zero-order chi connectivity index (χ0) is 19.4. The molecule has 0 spiro atoms. The Bertz CT molecular complexity index is 558. The molecule has 1 rings (SSSR count). The van der Waals surface area contributed by atoms with Crippen LogP contribution in [0.3, 0.4) is 0 Å². The molecule has 0 amide bonds. The quantitative estimate of drug-likeness (QED) is 0.371. The molecular formula is C22H32O4. The van der Waals surface area contributed by atoms with E-state index in [0.29, 0.717) is 32.1 Å². The third kappa shape index (κ3) is 7.96. The van der Waals surface area contributed by atoms with Crippen LogP contribution in [0.4, 0.5) is 0 Å². The number of aliphatic carboxylic acids is 1. The van der Waals surface area contributed by atoms with Crippen LogP contribution in [0.2, 0.25) is 0 Å². The van der Waals surface area contributed by atoms with Crippen LogP contribution in [0.15, 0.2) is 49.1 Å². The lowest BCUT2D eigenvalue weighted by Gasteiger charge is -2.22. The van der Waals surface area contributed by atoms with E-state index in [-0.39, 0.29) is 24.0 Å². The number of rotatable bonds is 13. The molecular weight excluding hydrogens is 328 g/mol. The Morgan fingerprint density at radius 3 is 2.73 bits per heavy atom. The van der Waals surface area contributed by atoms with Crippen molar-refractivity contribution in [1.82, 2.24) is 0 Å². The van der Waals surface area contributed by atoms with Gasteiger partial charge in [-0.3, -0.25) is 9.59 Å². The Labute approximate surface area is 157 Å². The number of unbranched alkanes of at least 4 members (excludes halogenated alkanes) is 2. The standard InChI is InChI=1S/C22H32O4/c1-3-5-16-22(26,4-2)17-10-11-18-14-15-20(23)19(18)12-8-6-7-9-13-21(24)25/h4,6,8,10-11,14-15,18-19,26H,2-3,5,7,9,12-13,16-17H2,1H3,(H,24,25)/b8-6-,11-10?/t18-,19+,22?/m0/s1. The molecule has 4 heteroatoms. The van der Waals surface area contributed by atoms with Crippen LogP contribution in [0.5, 0.6) is 0 Å². The third-order valence-electron chi connectivity index (χ3n) is 4.80. The van der Waals surface area contributed by atoms with Crippen LogP contribution in [-0.4, -0.2) is 27.6 Å². The average Bonchev–Trinajstić information content (AvgIpc) is 2.96. The van der Waals surface area contributed by atoms with Crippen molar-refractivity contribution in [2.75, 3.05) is 0 Å². The van der Waals surface area contributed by atoms with Crippen molar-refractivity contribution in [3.8, 4) is 0 Å². The summed E-state index contributed by atoms with van der Waals surface area (Å²) >= 11 is 0. The van der Waals surface area contributed by atoms with Crippen LogP contribution in [0, 0.1) is 11.8 Å². The molecule has 0 fully saturated rings. The molecule has 4 nitrogen and oxygen atoms in total. The monoisotopic (exact) mass is 360 g/mol. The van der Waals surface area contributed by atoms with Gasteiger partial charge in [-0.2, -0.15) is 0 Å². The minimum Gasteiger partial charge on any atom is -0.481 e. The first-order valence-electron chi connectivity index (χ1n) is 9.53. The molecule has 0 saturated carbocycles. The highest BCUT2D eigenvalue weighted by Gasteiger charge is 2.27. The number of aliphatic hydroxyl groups is 1. The number of hydrogen-bond donors (Lipinski definition) is 2.